The van der Waals surface area contributed by atoms with Crippen LogP contribution in [0.4, 0.5) is 8.78 Å². The van der Waals surface area contributed by atoms with Crippen molar-refractivity contribution in [2.75, 3.05) is 6.61 Å². The van der Waals surface area contributed by atoms with Gasteiger partial charge in [0, 0.05) is 12.0 Å². The van der Waals surface area contributed by atoms with Gasteiger partial charge in [-0.05, 0) is 6.07 Å². The first kappa shape index (κ1) is 7.46. The maximum absolute atomic E-state index is 12.1. The third-order valence-electron chi connectivity index (χ3n) is 1.79. The molecule has 0 saturated heterocycles. The summed E-state index contributed by atoms with van der Waals surface area (Å²) in [6.07, 6.45) is -1.74. The summed E-state index contributed by atoms with van der Waals surface area (Å²) < 4.78 is 29.3. The smallest absolute Gasteiger partial charge is 0.280 e. The zero-order chi connectivity index (χ0) is 8.55. The minimum Gasteiger partial charge on any atom is -0.477 e. The molecule has 1 aliphatic rings. The van der Waals surface area contributed by atoms with E-state index < -0.39 is 6.43 Å². The molecule has 4 heteroatoms. The van der Waals surface area contributed by atoms with Gasteiger partial charge in [-0.3, -0.25) is 0 Å². The highest BCUT2D eigenvalue weighted by Gasteiger charge is 2.17. The summed E-state index contributed by atoms with van der Waals surface area (Å²) in [6, 6.07) is 3.00. The van der Waals surface area contributed by atoms with E-state index in [9.17, 15) is 8.78 Å². The second kappa shape index (κ2) is 2.69. The highest BCUT2D eigenvalue weighted by atomic mass is 19.3. The Hall–Kier alpha value is -1.19. The fourth-order valence-corrected chi connectivity index (χ4v) is 1.18. The molecule has 1 aromatic rings. The minimum atomic E-state index is -2.51. The molecule has 0 atom stereocenters. The predicted octanol–water partition coefficient (Wildman–Crippen LogP) is 1.95. The van der Waals surface area contributed by atoms with E-state index in [1.807, 2.05) is 0 Å². The molecule has 0 amide bonds. The van der Waals surface area contributed by atoms with Gasteiger partial charge in [0.1, 0.15) is 5.69 Å². The number of rotatable bonds is 1. The first-order valence-electron chi connectivity index (χ1n) is 3.68. The van der Waals surface area contributed by atoms with E-state index in [0.29, 0.717) is 12.5 Å². The normalized spacial score (nSPS) is 14.6. The molecule has 2 nitrogen and oxygen atoms in total. The van der Waals surface area contributed by atoms with Gasteiger partial charge >= 0.3 is 0 Å². The van der Waals surface area contributed by atoms with Gasteiger partial charge in [-0.15, -0.1) is 0 Å². The Kier molecular flexibility index (Phi) is 1.67. The average molecular weight is 171 g/mol. The molecule has 0 N–H and O–H groups in total. The number of hydrogen-bond acceptors (Lipinski definition) is 2. The molecule has 0 unspecified atom stereocenters. The zero-order valence-corrected chi connectivity index (χ0v) is 6.26. The highest BCUT2D eigenvalue weighted by molar-refractivity contribution is 5.31. The summed E-state index contributed by atoms with van der Waals surface area (Å²) in [4.78, 5) is 3.68. The van der Waals surface area contributed by atoms with Crippen LogP contribution in [0.3, 0.4) is 0 Å². The SMILES string of the molecule is FC(F)c1ccc2c(n1)OCC2. The van der Waals surface area contributed by atoms with Gasteiger partial charge in [0.15, 0.2) is 0 Å². The number of halogens is 2. The summed E-state index contributed by atoms with van der Waals surface area (Å²) in [5.74, 6) is 0.368. The second-order valence-corrected chi connectivity index (χ2v) is 2.60. The van der Waals surface area contributed by atoms with Crippen molar-refractivity contribution in [1.82, 2.24) is 4.98 Å². The number of aromatic nitrogens is 1. The van der Waals surface area contributed by atoms with Gasteiger partial charge in [-0.2, -0.15) is 0 Å². The first-order chi connectivity index (χ1) is 5.77. The molecule has 0 aromatic carbocycles. The fourth-order valence-electron chi connectivity index (χ4n) is 1.18. The van der Waals surface area contributed by atoms with Crippen molar-refractivity contribution in [3.05, 3.63) is 23.4 Å². The lowest BCUT2D eigenvalue weighted by atomic mass is 10.2. The van der Waals surface area contributed by atoms with Crippen LogP contribution in [0.15, 0.2) is 12.1 Å². The van der Waals surface area contributed by atoms with Gasteiger partial charge in [0.05, 0.1) is 6.61 Å². The van der Waals surface area contributed by atoms with Crippen LogP contribution < -0.4 is 4.74 Å². The standard InChI is InChI=1S/C8H7F2NO/c9-7(10)6-2-1-5-3-4-12-8(5)11-6/h1-2,7H,3-4H2. The lowest BCUT2D eigenvalue weighted by Gasteiger charge is -2.00. The molecule has 0 radical (unpaired) electrons. The molecule has 0 aliphatic carbocycles. The second-order valence-electron chi connectivity index (χ2n) is 2.60. The molecule has 12 heavy (non-hydrogen) atoms. The molecule has 0 saturated carbocycles. The Labute approximate surface area is 68.2 Å². The molecule has 1 aliphatic heterocycles. The van der Waals surface area contributed by atoms with E-state index in [0.717, 1.165) is 12.0 Å². The maximum atomic E-state index is 12.1. The van der Waals surface area contributed by atoms with Crippen molar-refractivity contribution < 1.29 is 13.5 Å². The topological polar surface area (TPSA) is 22.1 Å². The number of ether oxygens (including phenoxy) is 1. The fraction of sp³-hybridized carbons (Fsp3) is 0.375. The lowest BCUT2D eigenvalue weighted by Crippen LogP contribution is -1.92. The van der Waals surface area contributed by atoms with E-state index in [-0.39, 0.29) is 5.69 Å². The Bertz CT molecular complexity index is 301. The molecule has 64 valence electrons. The molecule has 0 spiro atoms. The van der Waals surface area contributed by atoms with Gasteiger partial charge in [0.25, 0.3) is 6.43 Å². The quantitative estimate of drug-likeness (QED) is 0.644. The summed E-state index contributed by atoms with van der Waals surface area (Å²) in [5.41, 5.74) is 0.704. The molecular weight excluding hydrogens is 164 g/mol. The minimum absolute atomic E-state index is 0.212. The van der Waals surface area contributed by atoms with E-state index in [2.05, 4.69) is 4.98 Å². The predicted molar refractivity (Wildman–Crippen MR) is 38.4 cm³/mol. The lowest BCUT2D eigenvalue weighted by molar-refractivity contribution is 0.145. The van der Waals surface area contributed by atoms with Crippen LogP contribution in [-0.4, -0.2) is 11.6 Å². The van der Waals surface area contributed by atoms with Gasteiger partial charge in [-0.25, -0.2) is 13.8 Å². The Morgan fingerprint density at radius 1 is 1.42 bits per heavy atom. The van der Waals surface area contributed by atoms with Gasteiger partial charge in [-0.1, -0.05) is 6.07 Å². The van der Waals surface area contributed by atoms with Crippen LogP contribution in [0.25, 0.3) is 0 Å². The average Bonchev–Trinajstić information content (AvgIpc) is 2.49. The molecule has 0 bridgehead atoms. The number of nitrogens with zero attached hydrogens (tertiary/aromatic N) is 1. The van der Waals surface area contributed by atoms with Crippen molar-refractivity contribution in [1.29, 1.82) is 0 Å². The Morgan fingerprint density at radius 3 is 3.00 bits per heavy atom. The zero-order valence-electron chi connectivity index (χ0n) is 6.26. The number of fused-ring (bicyclic) bond motifs is 1. The van der Waals surface area contributed by atoms with E-state index in [1.54, 1.807) is 6.07 Å². The Balaban J connectivity index is 2.39. The third kappa shape index (κ3) is 1.13. The van der Waals surface area contributed by atoms with Crippen molar-refractivity contribution in [2.24, 2.45) is 0 Å². The summed E-state index contributed by atoms with van der Waals surface area (Å²) in [7, 11) is 0. The molecule has 1 aromatic heterocycles. The van der Waals surface area contributed by atoms with E-state index in [1.165, 1.54) is 6.07 Å². The highest BCUT2D eigenvalue weighted by Crippen LogP contribution is 2.26. The summed E-state index contributed by atoms with van der Waals surface area (Å²) >= 11 is 0. The number of alkyl halides is 2. The van der Waals surface area contributed by atoms with E-state index >= 15 is 0 Å². The first-order valence-corrected chi connectivity index (χ1v) is 3.68. The molecule has 0 fully saturated rings. The van der Waals surface area contributed by atoms with Crippen LogP contribution in [0.2, 0.25) is 0 Å². The van der Waals surface area contributed by atoms with Gasteiger partial charge in [0.2, 0.25) is 5.88 Å². The summed E-state index contributed by atoms with van der Waals surface area (Å²) in [6.45, 7) is 0.551. The van der Waals surface area contributed by atoms with Crippen molar-refractivity contribution in [2.45, 2.75) is 12.8 Å². The van der Waals surface area contributed by atoms with Crippen LogP contribution in [-0.2, 0) is 6.42 Å². The van der Waals surface area contributed by atoms with Crippen LogP contribution in [0, 0.1) is 0 Å². The van der Waals surface area contributed by atoms with Crippen molar-refractivity contribution in [3.63, 3.8) is 0 Å². The van der Waals surface area contributed by atoms with Crippen molar-refractivity contribution >= 4 is 0 Å². The maximum Gasteiger partial charge on any atom is 0.280 e. The third-order valence-corrected chi connectivity index (χ3v) is 1.79. The number of pyridine rings is 1. The van der Waals surface area contributed by atoms with Crippen LogP contribution >= 0.6 is 0 Å². The largest absolute Gasteiger partial charge is 0.477 e. The molecule has 2 heterocycles. The molecule has 2 rings (SSSR count). The summed E-state index contributed by atoms with van der Waals surface area (Å²) in [5, 5.41) is 0. The monoisotopic (exact) mass is 171 g/mol. The van der Waals surface area contributed by atoms with Gasteiger partial charge < -0.3 is 4.74 Å². The van der Waals surface area contributed by atoms with Crippen LogP contribution in [0.1, 0.15) is 17.7 Å². The van der Waals surface area contributed by atoms with Crippen LogP contribution in [0.5, 0.6) is 5.88 Å². The van der Waals surface area contributed by atoms with Crippen molar-refractivity contribution in [3.8, 4) is 5.88 Å². The number of hydrogen-bond donors (Lipinski definition) is 0. The molecular formula is C8H7F2NO. The Morgan fingerprint density at radius 2 is 2.25 bits per heavy atom. The van der Waals surface area contributed by atoms with E-state index in [4.69, 9.17) is 4.74 Å².